The van der Waals surface area contributed by atoms with Crippen molar-refractivity contribution < 1.29 is 22.4 Å². The highest BCUT2D eigenvalue weighted by atomic mass is 35.5. The molecule has 1 N–H and O–H groups in total. The minimum Gasteiger partial charge on any atom is -0.345 e. The maximum absolute atomic E-state index is 13.6. The topological polar surface area (TPSA) is 72.2 Å². The molecule has 11 heteroatoms. The molecule has 0 radical (unpaired) electrons. The van der Waals surface area contributed by atoms with E-state index in [-0.39, 0.29) is 17.8 Å². The van der Waals surface area contributed by atoms with Crippen LogP contribution in [-0.4, -0.2) is 25.5 Å². The summed E-state index contributed by atoms with van der Waals surface area (Å²) in [6.45, 7) is 0.103. The van der Waals surface area contributed by atoms with Crippen LogP contribution in [0.5, 0.6) is 0 Å². The lowest BCUT2D eigenvalue weighted by atomic mass is 10.1. The fourth-order valence-electron chi connectivity index (χ4n) is 2.80. The van der Waals surface area contributed by atoms with Gasteiger partial charge in [-0.2, -0.15) is 22.7 Å². The van der Waals surface area contributed by atoms with Crippen LogP contribution in [0.15, 0.2) is 54.6 Å². The molecule has 4 aromatic rings. The standard InChI is InChI=1S/C20H12ClF4N5O/c21-13-5-1-11(2-6-13)10-26-18(31)17-28-19-27-15(12-3-7-14(22)8-4-12)9-16(20(23,24)25)30(19)29-17/h1-9H,10H2,(H,26,31). The quantitative estimate of drug-likeness (QED) is 0.465. The van der Waals surface area contributed by atoms with Crippen molar-refractivity contribution >= 4 is 23.3 Å². The van der Waals surface area contributed by atoms with E-state index >= 15 is 0 Å². The number of rotatable bonds is 4. The van der Waals surface area contributed by atoms with E-state index in [1.807, 2.05) is 0 Å². The molecule has 2 heterocycles. The van der Waals surface area contributed by atoms with Gasteiger partial charge in [-0.05, 0) is 48.0 Å². The van der Waals surface area contributed by atoms with Gasteiger partial charge in [0, 0.05) is 17.1 Å². The summed E-state index contributed by atoms with van der Waals surface area (Å²) in [5.41, 5.74) is -0.262. The van der Waals surface area contributed by atoms with Crippen molar-refractivity contribution in [1.82, 2.24) is 24.9 Å². The number of hydrogen-bond donors (Lipinski definition) is 1. The second-order valence-corrected chi connectivity index (χ2v) is 6.92. The zero-order valence-electron chi connectivity index (χ0n) is 15.5. The third-order valence-electron chi connectivity index (χ3n) is 4.31. The molecule has 0 unspecified atom stereocenters. The maximum atomic E-state index is 13.6. The Balaban J connectivity index is 1.68. The van der Waals surface area contributed by atoms with Crippen LogP contribution in [0.3, 0.4) is 0 Å². The predicted molar refractivity (Wildman–Crippen MR) is 104 cm³/mol. The summed E-state index contributed by atoms with van der Waals surface area (Å²) in [4.78, 5) is 20.3. The number of carbonyl (C=O) groups excluding carboxylic acids is 1. The number of halogens is 5. The SMILES string of the molecule is O=C(NCc1ccc(Cl)cc1)c1nc2nc(-c3ccc(F)cc3)cc(C(F)(F)F)n2n1. The van der Waals surface area contributed by atoms with Gasteiger partial charge in [0.15, 0.2) is 5.69 Å². The number of hydrogen-bond acceptors (Lipinski definition) is 4. The summed E-state index contributed by atoms with van der Waals surface area (Å²) < 4.78 is 54.4. The molecule has 4 rings (SSSR count). The monoisotopic (exact) mass is 449 g/mol. The number of fused-ring (bicyclic) bond motifs is 1. The van der Waals surface area contributed by atoms with Crippen molar-refractivity contribution in [3.05, 3.63) is 82.5 Å². The largest absolute Gasteiger partial charge is 0.433 e. The van der Waals surface area contributed by atoms with Gasteiger partial charge in [0.25, 0.3) is 11.7 Å². The van der Waals surface area contributed by atoms with E-state index in [9.17, 15) is 22.4 Å². The number of alkyl halides is 3. The Bertz CT molecular complexity index is 1250. The molecule has 2 aromatic carbocycles. The Labute approximate surface area is 177 Å². The smallest absolute Gasteiger partial charge is 0.345 e. The molecule has 6 nitrogen and oxygen atoms in total. The van der Waals surface area contributed by atoms with Gasteiger partial charge in [-0.15, -0.1) is 5.10 Å². The highest BCUT2D eigenvalue weighted by molar-refractivity contribution is 6.30. The van der Waals surface area contributed by atoms with Gasteiger partial charge in [0.05, 0.1) is 5.69 Å². The highest BCUT2D eigenvalue weighted by Crippen LogP contribution is 2.31. The van der Waals surface area contributed by atoms with E-state index in [0.29, 0.717) is 9.54 Å². The molecule has 0 aliphatic rings. The Kier molecular flexibility index (Phi) is 5.32. The minimum absolute atomic E-state index is 0.0830. The fraction of sp³-hybridized carbons (Fsp3) is 0.100. The lowest BCUT2D eigenvalue weighted by molar-refractivity contribution is -0.142. The van der Waals surface area contributed by atoms with Gasteiger partial charge in [0.2, 0.25) is 5.82 Å². The first-order valence-electron chi connectivity index (χ1n) is 8.84. The third-order valence-corrected chi connectivity index (χ3v) is 4.56. The van der Waals surface area contributed by atoms with Crippen LogP contribution in [0.4, 0.5) is 17.6 Å². The van der Waals surface area contributed by atoms with Crippen molar-refractivity contribution in [1.29, 1.82) is 0 Å². The van der Waals surface area contributed by atoms with E-state index in [0.717, 1.165) is 23.8 Å². The van der Waals surface area contributed by atoms with Crippen LogP contribution in [0, 0.1) is 5.82 Å². The summed E-state index contributed by atoms with van der Waals surface area (Å²) in [7, 11) is 0. The molecular formula is C20H12ClF4N5O. The van der Waals surface area contributed by atoms with Gasteiger partial charge in [-0.3, -0.25) is 4.79 Å². The first-order chi connectivity index (χ1) is 14.7. The summed E-state index contributed by atoms with van der Waals surface area (Å²) in [6.07, 6.45) is -4.79. The number of benzene rings is 2. The second-order valence-electron chi connectivity index (χ2n) is 6.49. The van der Waals surface area contributed by atoms with E-state index in [2.05, 4.69) is 20.4 Å². The van der Waals surface area contributed by atoms with Crippen LogP contribution in [0.2, 0.25) is 5.02 Å². The van der Waals surface area contributed by atoms with E-state index in [1.54, 1.807) is 24.3 Å². The average molecular weight is 450 g/mol. The first-order valence-corrected chi connectivity index (χ1v) is 9.22. The maximum Gasteiger partial charge on any atom is 0.433 e. The van der Waals surface area contributed by atoms with Gasteiger partial charge >= 0.3 is 6.18 Å². The van der Waals surface area contributed by atoms with Crippen LogP contribution in [0.1, 0.15) is 21.9 Å². The van der Waals surface area contributed by atoms with Crippen molar-refractivity contribution in [3.63, 3.8) is 0 Å². The molecular weight excluding hydrogens is 438 g/mol. The minimum atomic E-state index is -4.79. The van der Waals surface area contributed by atoms with E-state index in [1.165, 1.54) is 12.1 Å². The summed E-state index contributed by atoms with van der Waals surface area (Å²) in [6, 6.07) is 12.2. The Morgan fingerprint density at radius 1 is 1.03 bits per heavy atom. The Morgan fingerprint density at radius 2 is 1.71 bits per heavy atom. The molecule has 0 saturated carbocycles. The first kappa shape index (κ1) is 20.7. The number of nitrogens with zero attached hydrogens (tertiary/aromatic N) is 4. The summed E-state index contributed by atoms with van der Waals surface area (Å²) in [5, 5.41) is 6.75. The summed E-state index contributed by atoms with van der Waals surface area (Å²) in [5.74, 6) is -2.19. The van der Waals surface area contributed by atoms with E-state index in [4.69, 9.17) is 11.6 Å². The lowest BCUT2D eigenvalue weighted by Gasteiger charge is -2.10. The molecule has 158 valence electrons. The van der Waals surface area contributed by atoms with Gasteiger partial charge < -0.3 is 5.32 Å². The predicted octanol–water partition coefficient (Wildman–Crippen LogP) is 4.53. The van der Waals surface area contributed by atoms with Crippen molar-refractivity contribution in [2.24, 2.45) is 0 Å². The van der Waals surface area contributed by atoms with Crippen molar-refractivity contribution in [3.8, 4) is 11.3 Å². The van der Waals surface area contributed by atoms with Gasteiger partial charge in [-0.25, -0.2) is 9.37 Å². The van der Waals surface area contributed by atoms with Gasteiger partial charge in [0.1, 0.15) is 5.82 Å². The Hall–Kier alpha value is -3.53. The summed E-state index contributed by atoms with van der Waals surface area (Å²) >= 11 is 5.80. The zero-order valence-corrected chi connectivity index (χ0v) is 16.2. The fourth-order valence-corrected chi connectivity index (χ4v) is 2.92. The molecule has 0 spiro atoms. The van der Waals surface area contributed by atoms with Gasteiger partial charge in [-0.1, -0.05) is 23.7 Å². The molecule has 0 bridgehead atoms. The normalized spacial score (nSPS) is 11.6. The van der Waals surface area contributed by atoms with Crippen LogP contribution >= 0.6 is 11.6 Å². The van der Waals surface area contributed by atoms with Crippen LogP contribution in [-0.2, 0) is 12.7 Å². The number of amides is 1. The van der Waals surface area contributed by atoms with Crippen LogP contribution in [0.25, 0.3) is 17.0 Å². The van der Waals surface area contributed by atoms with E-state index < -0.39 is 35.2 Å². The van der Waals surface area contributed by atoms with Crippen molar-refractivity contribution in [2.45, 2.75) is 12.7 Å². The number of aromatic nitrogens is 4. The molecule has 0 fully saturated rings. The lowest BCUT2D eigenvalue weighted by Crippen LogP contribution is -2.24. The highest BCUT2D eigenvalue weighted by Gasteiger charge is 2.36. The molecule has 0 aliphatic carbocycles. The third kappa shape index (κ3) is 4.48. The van der Waals surface area contributed by atoms with Crippen LogP contribution < -0.4 is 5.32 Å². The zero-order chi connectivity index (χ0) is 22.2. The van der Waals surface area contributed by atoms with Crippen molar-refractivity contribution in [2.75, 3.05) is 0 Å². The molecule has 2 aromatic heterocycles. The number of nitrogens with one attached hydrogen (secondary N) is 1. The molecule has 0 aliphatic heterocycles. The Morgan fingerprint density at radius 3 is 2.35 bits per heavy atom. The molecule has 0 atom stereocenters. The number of carbonyl (C=O) groups is 1. The molecule has 0 saturated heterocycles. The second kappa shape index (κ2) is 7.95. The molecule has 31 heavy (non-hydrogen) atoms. The molecule has 1 amide bonds. The average Bonchev–Trinajstić information content (AvgIpc) is 3.16.